The van der Waals surface area contributed by atoms with Crippen molar-refractivity contribution in [3.8, 4) is 0 Å². The summed E-state index contributed by atoms with van der Waals surface area (Å²) >= 11 is 12.4. The molecule has 1 heterocycles. The van der Waals surface area contributed by atoms with E-state index in [9.17, 15) is 4.79 Å². The van der Waals surface area contributed by atoms with Gasteiger partial charge in [0.05, 0.1) is 22.2 Å². The van der Waals surface area contributed by atoms with Crippen LogP contribution in [0.15, 0.2) is 54.5 Å². The Balaban J connectivity index is 1.65. The van der Waals surface area contributed by atoms with Crippen LogP contribution >= 0.6 is 23.2 Å². The van der Waals surface area contributed by atoms with E-state index >= 15 is 0 Å². The Labute approximate surface area is 167 Å². The molecule has 1 N–H and O–H groups in total. The number of anilines is 2. The largest absolute Gasteiger partial charge is 0.457 e. The molecule has 0 unspecified atom stereocenters. The van der Waals surface area contributed by atoms with Crippen molar-refractivity contribution in [1.29, 1.82) is 0 Å². The molecule has 5 nitrogen and oxygen atoms in total. The Kier molecular flexibility index (Phi) is 5.82. The Morgan fingerprint density at radius 2 is 1.81 bits per heavy atom. The summed E-state index contributed by atoms with van der Waals surface area (Å²) in [6.45, 7) is 3.58. The van der Waals surface area contributed by atoms with Crippen LogP contribution in [0.1, 0.15) is 19.4 Å². The zero-order chi connectivity index (χ0) is 19.4. The van der Waals surface area contributed by atoms with Crippen LogP contribution in [0.5, 0.6) is 0 Å². The highest BCUT2D eigenvalue weighted by atomic mass is 35.5. The van der Waals surface area contributed by atoms with E-state index in [1.807, 2.05) is 24.3 Å². The molecule has 0 amide bonds. The number of esters is 1. The minimum Gasteiger partial charge on any atom is -0.457 e. The summed E-state index contributed by atoms with van der Waals surface area (Å²) in [5, 5.41) is 4.18. The van der Waals surface area contributed by atoms with Crippen LogP contribution in [0.2, 0.25) is 10.0 Å². The lowest BCUT2D eigenvalue weighted by molar-refractivity contribution is -0.147. The van der Waals surface area contributed by atoms with Crippen LogP contribution in [0.3, 0.4) is 0 Å². The smallest absolute Gasteiger partial charge is 0.310 e. The van der Waals surface area contributed by atoms with E-state index < -0.39 is 5.79 Å². The van der Waals surface area contributed by atoms with Gasteiger partial charge in [-0.3, -0.25) is 4.79 Å². The standard InChI is InChI=1S/C20H19Cl2NO4/c1-20(2)26-12-14(27-20)11-25-18(24)10-13-6-3-4-9-17(13)23-19-15(21)7-5-8-16(19)22/h3-9,12,23H,10-11H2,1-2H3. The van der Waals surface area contributed by atoms with Crippen molar-refractivity contribution in [3.05, 3.63) is 70.1 Å². The summed E-state index contributed by atoms with van der Waals surface area (Å²) in [5.41, 5.74) is 2.08. The van der Waals surface area contributed by atoms with E-state index in [0.29, 0.717) is 21.5 Å². The fourth-order valence-electron chi connectivity index (χ4n) is 2.54. The lowest BCUT2D eigenvalue weighted by Crippen LogP contribution is -2.21. The fourth-order valence-corrected chi connectivity index (χ4v) is 3.03. The quantitative estimate of drug-likeness (QED) is 0.645. The first-order valence-electron chi connectivity index (χ1n) is 8.34. The number of hydrogen-bond donors (Lipinski definition) is 1. The summed E-state index contributed by atoms with van der Waals surface area (Å²) in [7, 11) is 0. The highest BCUT2D eigenvalue weighted by Crippen LogP contribution is 2.33. The number of nitrogens with one attached hydrogen (secondary N) is 1. The van der Waals surface area contributed by atoms with Gasteiger partial charge in [-0.1, -0.05) is 47.5 Å². The molecule has 142 valence electrons. The van der Waals surface area contributed by atoms with Gasteiger partial charge in [0, 0.05) is 19.5 Å². The van der Waals surface area contributed by atoms with Crippen LogP contribution in [-0.4, -0.2) is 18.4 Å². The SMILES string of the molecule is CC1(C)OC=C(COC(=O)Cc2ccccc2Nc2c(Cl)cccc2Cl)O1. The average Bonchev–Trinajstić information content (AvgIpc) is 2.97. The maximum Gasteiger partial charge on any atom is 0.310 e. The van der Waals surface area contributed by atoms with Crippen LogP contribution in [-0.2, 0) is 25.4 Å². The minimum atomic E-state index is -0.730. The average molecular weight is 408 g/mol. The number of ether oxygens (including phenoxy) is 3. The second kappa shape index (κ2) is 8.11. The van der Waals surface area contributed by atoms with Gasteiger partial charge in [-0.25, -0.2) is 0 Å². The first kappa shape index (κ1) is 19.4. The molecule has 2 aromatic rings. The predicted octanol–water partition coefficient (Wildman–Crippen LogP) is 5.45. The molecule has 2 aromatic carbocycles. The zero-order valence-electron chi connectivity index (χ0n) is 14.9. The number of carbonyl (C=O) groups is 1. The Bertz CT molecular complexity index is 860. The van der Waals surface area contributed by atoms with Crippen molar-refractivity contribution in [1.82, 2.24) is 0 Å². The van der Waals surface area contributed by atoms with Gasteiger partial charge in [0.25, 0.3) is 0 Å². The highest BCUT2D eigenvalue weighted by molar-refractivity contribution is 6.39. The van der Waals surface area contributed by atoms with E-state index in [4.69, 9.17) is 37.4 Å². The topological polar surface area (TPSA) is 56.8 Å². The third-order valence-corrected chi connectivity index (χ3v) is 4.43. The van der Waals surface area contributed by atoms with Crippen LogP contribution in [0.4, 0.5) is 11.4 Å². The van der Waals surface area contributed by atoms with Gasteiger partial charge in [-0.05, 0) is 23.8 Å². The van der Waals surface area contributed by atoms with Crippen molar-refractivity contribution in [2.24, 2.45) is 0 Å². The summed E-state index contributed by atoms with van der Waals surface area (Å²) in [5.74, 6) is -0.640. The van der Waals surface area contributed by atoms with Crippen LogP contribution in [0, 0.1) is 0 Å². The summed E-state index contributed by atoms with van der Waals surface area (Å²) in [6, 6.07) is 12.6. The van der Waals surface area contributed by atoms with E-state index in [1.165, 1.54) is 6.26 Å². The molecule has 0 aliphatic carbocycles. The van der Waals surface area contributed by atoms with Crippen molar-refractivity contribution in [2.75, 3.05) is 11.9 Å². The third-order valence-electron chi connectivity index (χ3n) is 3.80. The molecule has 0 saturated heterocycles. The first-order chi connectivity index (χ1) is 12.8. The molecule has 27 heavy (non-hydrogen) atoms. The maximum absolute atomic E-state index is 12.2. The maximum atomic E-state index is 12.2. The van der Waals surface area contributed by atoms with E-state index in [1.54, 1.807) is 32.0 Å². The molecular formula is C20H19Cl2NO4. The Morgan fingerprint density at radius 1 is 1.11 bits per heavy atom. The number of carbonyl (C=O) groups excluding carboxylic acids is 1. The third kappa shape index (κ3) is 5.08. The van der Waals surface area contributed by atoms with Gasteiger partial charge in [-0.15, -0.1) is 0 Å². The molecule has 0 atom stereocenters. The lowest BCUT2D eigenvalue weighted by atomic mass is 10.1. The number of para-hydroxylation sites is 2. The van der Waals surface area contributed by atoms with Gasteiger partial charge >= 0.3 is 5.97 Å². The fraction of sp³-hybridized carbons (Fsp3) is 0.250. The second-order valence-corrected chi connectivity index (χ2v) is 7.23. The molecule has 0 spiro atoms. The van der Waals surface area contributed by atoms with Gasteiger partial charge in [0.1, 0.15) is 6.26 Å². The van der Waals surface area contributed by atoms with Gasteiger partial charge in [-0.2, -0.15) is 0 Å². The minimum absolute atomic E-state index is 0.0220. The summed E-state index contributed by atoms with van der Waals surface area (Å²) in [4.78, 5) is 12.2. The molecule has 0 radical (unpaired) electrons. The molecular weight excluding hydrogens is 389 g/mol. The second-order valence-electron chi connectivity index (χ2n) is 6.42. The highest BCUT2D eigenvalue weighted by Gasteiger charge is 2.28. The monoisotopic (exact) mass is 407 g/mol. The predicted molar refractivity (Wildman–Crippen MR) is 105 cm³/mol. The summed E-state index contributed by atoms with van der Waals surface area (Å²) < 4.78 is 16.1. The van der Waals surface area contributed by atoms with Crippen molar-refractivity contribution in [3.63, 3.8) is 0 Å². The lowest BCUT2D eigenvalue weighted by Gasteiger charge is -2.18. The normalized spacial score (nSPS) is 14.7. The molecule has 0 fully saturated rings. The van der Waals surface area contributed by atoms with Gasteiger partial charge in [0.15, 0.2) is 12.4 Å². The van der Waals surface area contributed by atoms with Crippen molar-refractivity contribution < 1.29 is 19.0 Å². The first-order valence-corrected chi connectivity index (χ1v) is 9.10. The number of halogens is 2. The number of benzene rings is 2. The molecule has 0 aromatic heterocycles. The Morgan fingerprint density at radius 3 is 2.48 bits per heavy atom. The molecule has 3 rings (SSSR count). The molecule has 1 aliphatic rings. The van der Waals surface area contributed by atoms with Crippen LogP contribution in [0.25, 0.3) is 0 Å². The molecule has 0 saturated carbocycles. The van der Waals surface area contributed by atoms with Gasteiger partial charge < -0.3 is 19.5 Å². The van der Waals surface area contributed by atoms with E-state index in [2.05, 4.69) is 5.32 Å². The Hall–Kier alpha value is -2.37. The molecule has 0 bridgehead atoms. The van der Waals surface area contributed by atoms with Crippen molar-refractivity contribution >= 4 is 40.5 Å². The molecule has 1 aliphatic heterocycles. The van der Waals surface area contributed by atoms with E-state index in [0.717, 1.165) is 11.3 Å². The van der Waals surface area contributed by atoms with Crippen molar-refractivity contribution in [2.45, 2.75) is 26.1 Å². The van der Waals surface area contributed by atoms with Crippen LogP contribution < -0.4 is 5.32 Å². The molecule has 7 heteroatoms. The summed E-state index contributed by atoms with van der Waals surface area (Å²) in [6.07, 6.45) is 1.55. The van der Waals surface area contributed by atoms with Gasteiger partial charge in [0.2, 0.25) is 5.79 Å². The number of hydrogen-bond acceptors (Lipinski definition) is 5. The zero-order valence-corrected chi connectivity index (χ0v) is 16.4. The van der Waals surface area contributed by atoms with E-state index in [-0.39, 0.29) is 19.0 Å². The number of rotatable bonds is 6.